The number of benzene rings is 4. The zero-order chi connectivity index (χ0) is 37.6. The van der Waals surface area contributed by atoms with Gasteiger partial charge in [-0.15, -0.1) is 0 Å². The van der Waals surface area contributed by atoms with Crippen molar-refractivity contribution >= 4 is 32.7 Å². The van der Waals surface area contributed by atoms with Crippen LogP contribution in [0.2, 0.25) is 0 Å². The van der Waals surface area contributed by atoms with Gasteiger partial charge in [-0.25, -0.2) is 13.2 Å². The molecule has 2 aliphatic rings. The molecule has 4 aromatic rings. The first-order valence-corrected chi connectivity index (χ1v) is 18.1. The maximum Gasteiger partial charge on any atom is 0.492 e. The molecule has 15 heteroatoms. The van der Waals surface area contributed by atoms with E-state index >= 15 is 8.78 Å². The first-order chi connectivity index (χ1) is 24.5. The molecular formula is C37H36F5N3O6S. The van der Waals surface area contributed by atoms with Crippen LogP contribution in [0.1, 0.15) is 45.1 Å². The van der Waals surface area contributed by atoms with Crippen LogP contribution < -0.4 is 10.5 Å². The van der Waals surface area contributed by atoms with Crippen LogP contribution in [0.15, 0.2) is 95.9 Å². The van der Waals surface area contributed by atoms with Gasteiger partial charge in [-0.1, -0.05) is 66.7 Å². The molecule has 2 unspecified atom stereocenters. The Kier molecular flexibility index (Phi) is 10.1. The molecule has 2 bridgehead atoms. The zero-order valence-corrected chi connectivity index (χ0v) is 28.9. The van der Waals surface area contributed by atoms with Crippen molar-refractivity contribution in [2.24, 2.45) is 5.73 Å². The molecule has 0 radical (unpaired) electrons. The minimum atomic E-state index is -5.82. The van der Waals surface area contributed by atoms with Crippen molar-refractivity contribution in [3.8, 4) is 16.9 Å². The Morgan fingerprint density at radius 3 is 2.00 bits per heavy atom. The number of nitrogens with two attached hydrogens (primary N) is 1. The number of ether oxygens (including phenoxy) is 1. The molecule has 2 N–H and O–H groups in total. The normalized spacial score (nSPS) is 20.0. The maximum absolute atomic E-state index is 17.1. The number of amides is 1. The maximum atomic E-state index is 17.1. The quantitative estimate of drug-likeness (QED) is 0.138. The summed E-state index contributed by atoms with van der Waals surface area (Å²) in [5, 5.41) is 0.696. The molecule has 0 aliphatic carbocycles. The van der Waals surface area contributed by atoms with Crippen molar-refractivity contribution in [1.82, 2.24) is 9.37 Å². The highest BCUT2D eigenvalue weighted by Gasteiger charge is 2.60. The number of piperidine rings is 1. The van der Waals surface area contributed by atoms with Gasteiger partial charge in [0.15, 0.2) is 0 Å². The first kappa shape index (κ1) is 37.2. The van der Waals surface area contributed by atoms with Gasteiger partial charge < -0.3 is 20.2 Å². The van der Waals surface area contributed by atoms with E-state index in [4.69, 9.17) is 10.5 Å². The molecule has 2 aliphatic heterocycles. The van der Waals surface area contributed by atoms with Crippen LogP contribution >= 0.6 is 0 Å². The van der Waals surface area contributed by atoms with Gasteiger partial charge in [0.25, 0.3) is 15.9 Å². The van der Waals surface area contributed by atoms with Crippen LogP contribution in [0.25, 0.3) is 21.9 Å². The summed E-state index contributed by atoms with van der Waals surface area (Å²) in [6.45, 7) is 3.59. The molecule has 52 heavy (non-hydrogen) atoms. The van der Waals surface area contributed by atoms with Gasteiger partial charge in [0.2, 0.25) is 6.04 Å². The monoisotopic (exact) mass is 745 g/mol. The molecule has 6 rings (SSSR count). The average molecular weight is 746 g/mol. The van der Waals surface area contributed by atoms with E-state index in [9.17, 15) is 31.2 Å². The topological polar surface area (TPSA) is 119 Å². The number of carbonyl (C=O) groups excluding carboxylic acids is 2. The van der Waals surface area contributed by atoms with Crippen molar-refractivity contribution < 1.29 is 49.5 Å². The molecule has 3 atom stereocenters. The van der Waals surface area contributed by atoms with Crippen LogP contribution in [-0.4, -0.2) is 66.1 Å². The van der Waals surface area contributed by atoms with E-state index in [-0.39, 0.29) is 30.4 Å². The van der Waals surface area contributed by atoms with E-state index < -0.39 is 67.1 Å². The van der Waals surface area contributed by atoms with Crippen LogP contribution in [0, 0.1) is 0 Å². The van der Waals surface area contributed by atoms with E-state index in [1.54, 1.807) is 50.2 Å². The van der Waals surface area contributed by atoms with Crippen LogP contribution in [0.3, 0.4) is 0 Å². The van der Waals surface area contributed by atoms with Crippen LogP contribution in [0.5, 0.6) is 5.75 Å². The fraction of sp³-hybridized carbons (Fsp3) is 0.351. The fourth-order valence-corrected chi connectivity index (χ4v) is 8.35. The van der Waals surface area contributed by atoms with Gasteiger partial charge in [-0.3, -0.25) is 4.79 Å². The Morgan fingerprint density at radius 2 is 1.40 bits per heavy atom. The predicted molar refractivity (Wildman–Crippen MR) is 181 cm³/mol. The number of rotatable bonds is 10. The molecule has 9 nitrogen and oxygen atoms in total. The first-order valence-electron chi connectivity index (χ1n) is 16.6. The highest BCUT2D eigenvalue weighted by atomic mass is 32.2. The summed E-state index contributed by atoms with van der Waals surface area (Å²) in [5.74, 6) is -8.72. The minimum Gasteiger partial charge on any atom is -0.491 e. The number of sulfonamides is 1. The molecule has 0 spiro atoms. The molecule has 1 amide bonds. The second kappa shape index (κ2) is 14.1. The second-order valence-corrected chi connectivity index (χ2v) is 15.1. The highest BCUT2D eigenvalue weighted by Crippen LogP contribution is 2.43. The fourth-order valence-electron chi connectivity index (χ4n) is 6.96. The van der Waals surface area contributed by atoms with Gasteiger partial charge in [0.05, 0.1) is 11.0 Å². The number of hydrogen-bond donors (Lipinski definition) is 1. The van der Waals surface area contributed by atoms with Gasteiger partial charge in [0, 0.05) is 23.7 Å². The molecular weight excluding hydrogens is 709 g/mol. The van der Waals surface area contributed by atoms with Crippen molar-refractivity contribution in [3.05, 3.63) is 96.6 Å². The molecule has 2 heterocycles. The summed E-state index contributed by atoms with van der Waals surface area (Å²) in [7, 11) is -5.62. The largest absolute Gasteiger partial charge is 0.492 e. The van der Waals surface area contributed by atoms with Gasteiger partial charge in [-0.05, 0) is 90.2 Å². The number of fused-ring (bicyclic) bond motifs is 3. The number of carbonyl (C=O) groups is 2. The number of halogens is 5. The molecule has 4 aromatic carbocycles. The van der Waals surface area contributed by atoms with Crippen molar-refractivity contribution in [2.75, 3.05) is 0 Å². The third-order valence-electron chi connectivity index (χ3n) is 9.28. The minimum absolute atomic E-state index is 0.189. The molecule has 2 saturated heterocycles. The van der Waals surface area contributed by atoms with Crippen molar-refractivity contribution in [3.63, 3.8) is 0 Å². The SMILES string of the molecule is CC(C)Oc1ccc2cc(S(=O)(=O)N(OC(=O)C(F)(F)F)[C@H](C(=O)N3C4CCC3CC(N)C4)C(F)(F)c3ccc(-c4ccccc4)cc3)ccc2c1. The Hall–Kier alpha value is -4.60. The number of hydroxylamine groups is 1. The summed E-state index contributed by atoms with van der Waals surface area (Å²) in [6, 6.07) is 16.0. The number of alkyl halides is 5. The summed E-state index contributed by atoms with van der Waals surface area (Å²) < 4.78 is 109. The van der Waals surface area contributed by atoms with E-state index in [2.05, 4.69) is 4.84 Å². The number of hydrogen-bond acceptors (Lipinski definition) is 7. The third-order valence-corrected chi connectivity index (χ3v) is 10.9. The molecule has 2 fully saturated rings. The van der Waals surface area contributed by atoms with E-state index in [0.29, 0.717) is 35.1 Å². The van der Waals surface area contributed by atoms with E-state index in [0.717, 1.165) is 29.2 Å². The lowest BCUT2D eigenvalue weighted by Crippen LogP contribution is -2.62. The predicted octanol–water partition coefficient (Wildman–Crippen LogP) is 6.95. The summed E-state index contributed by atoms with van der Waals surface area (Å²) >= 11 is 0. The Morgan fingerprint density at radius 1 is 0.827 bits per heavy atom. The lowest BCUT2D eigenvalue weighted by Gasteiger charge is -2.42. The van der Waals surface area contributed by atoms with Crippen molar-refractivity contribution in [1.29, 1.82) is 0 Å². The highest BCUT2D eigenvalue weighted by molar-refractivity contribution is 7.89. The summed E-state index contributed by atoms with van der Waals surface area (Å²) in [6.07, 6.45) is -4.89. The Labute approximate surface area is 297 Å². The Balaban J connectivity index is 1.49. The smallest absolute Gasteiger partial charge is 0.491 e. The summed E-state index contributed by atoms with van der Waals surface area (Å²) in [4.78, 5) is 31.5. The zero-order valence-electron chi connectivity index (χ0n) is 28.1. The average Bonchev–Trinajstić information content (AvgIpc) is 3.37. The van der Waals surface area contributed by atoms with Gasteiger partial charge >= 0.3 is 18.1 Å². The van der Waals surface area contributed by atoms with Gasteiger partial charge in [-0.2, -0.15) is 22.0 Å². The molecule has 276 valence electrons. The lowest BCUT2D eigenvalue weighted by molar-refractivity contribution is -0.240. The summed E-state index contributed by atoms with van der Waals surface area (Å²) in [5.41, 5.74) is 6.40. The van der Waals surface area contributed by atoms with Crippen LogP contribution in [0.4, 0.5) is 22.0 Å². The van der Waals surface area contributed by atoms with E-state index in [1.165, 1.54) is 30.3 Å². The van der Waals surface area contributed by atoms with Crippen LogP contribution in [-0.2, 0) is 30.4 Å². The lowest BCUT2D eigenvalue weighted by atomic mass is 9.94. The van der Waals surface area contributed by atoms with Gasteiger partial charge in [0.1, 0.15) is 5.75 Å². The molecule has 0 aromatic heterocycles. The van der Waals surface area contributed by atoms with Crippen molar-refractivity contribution in [2.45, 2.75) is 86.8 Å². The number of nitrogens with zero attached hydrogens (tertiary/aromatic N) is 2. The Bertz CT molecular complexity index is 2050. The molecule has 0 saturated carbocycles. The standard InChI is InChI=1S/C37H36F5N3O6S/c1-22(2)50-31-16-10-26-19-32(17-11-25(26)18-31)52(48,49)45(51-35(47)37(40,41)42)33(34(46)44-29-14-15-30(44)21-28(43)20-29)36(38,39)27-12-8-24(9-13-27)23-6-4-3-5-7-23/h3-13,16-19,22,28-30,33H,14-15,20-21,43H2,1-2H3/t28?,29?,30?,33-/m1/s1. The van der Waals surface area contributed by atoms with E-state index in [1.807, 2.05) is 0 Å². The third kappa shape index (κ3) is 7.34. The second-order valence-electron chi connectivity index (χ2n) is 13.3.